The summed E-state index contributed by atoms with van der Waals surface area (Å²) in [7, 11) is 0. The highest BCUT2D eigenvalue weighted by atomic mass is 16.5. The molecule has 0 radical (unpaired) electrons. The van der Waals surface area contributed by atoms with Crippen molar-refractivity contribution in [1.82, 2.24) is 20.0 Å². The second kappa shape index (κ2) is 7.52. The highest BCUT2D eigenvalue weighted by Gasteiger charge is 2.45. The molecule has 0 spiro atoms. The Hall–Kier alpha value is -2.67. The molecule has 1 aromatic carbocycles. The Balaban J connectivity index is 1.44. The number of fused-ring (bicyclic) bond motifs is 1. The van der Waals surface area contributed by atoms with Gasteiger partial charge in [-0.15, -0.1) is 0 Å². The molecule has 1 saturated heterocycles. The Labute approximate surface area is 158 Å². The van der Waals surface area contributed by atoms with Crippen LogP contribution in [0.15, 0.2) is 42.7 Å². The molecule has 142 valence electrons. The Morgan fingerprint density at radius 3 is 2.78 bits per heavy atom. The van der Waals surface area contributed by atoms with Gasteiger partial charge >= 0.3 is 0 Å². The Kier molecular flexibility index (Phi) is 4.94. The highest BCUT2D eigenvalue weighted by Crippen LogP contribution is 2.37. The fourth-order valence-electron chi connectivity index (χ4n) is 4.03. The fourth-order valence-corrected chi connectivity index (χ4v) is 4.03. The van der Waals surface area contributed by atoms with Crippen LogP contribution in [0.2, 0.25) is 0 Å². The minimum absolute atomic E-state index is 0.0249. The normalized spacial score (nSPS) is 18.4. The standard InChI is InChI=1S/C20H24N4O3/c25-18(21-9-11-23-10-3-8-22-23)14-20(6-12-27-13-7-20)24-15-16-4-1-2-5-17(16)19(24)26/h1-5,8,10H,6-7,9,11-15H2,(H,21,25). The quantitative estimate of drug-likeness (QED) is 0.840. The highest BCUT2D eigenvalue weighted by molar-refractivity contribution is 5.99. The zero-order valence-electron chi connectivity index (χ0n) is 15.3. The van der Waals surface area contributed by atoms with Crippen LogP contribution in [-0.2, 0) is 22.6 Å². The third-order valence-electron chi connectivity index (χ3n) is 5.53. The van der Waals surface area contributed by atoms with Crippen molar-refractivity contribution in [1.29, 1.82) is 0 Å². The number of carbonyl (C=O) groups is 2. The van der Waals surface area contributed by atoms with Crippen molar-refractivity contribution in [3.05, 3.63) is 53.9 Å². The van der Waals surface area contributed by atoms with E-state index in [2.05, 4.69) is 10.4 Å². The van der Waals surface area contributed by atoms with Gasteiger partial charge < -0.3 is 15.0 Å². The lowest BCUT2D eigenvalue weighted by atomic mass is 9.84. The van der Waals surface area contributed by atoms with E-state index in [-0.39, 0.29) is 11.8 Å². The molecule has 0 unspecified atom stereocenters. The van der Waals surface area contributed by atoms with Crippen LogP contribution in [0.1, 0.15) is 35.2 Å². The van der Waals surface area contributed by atoms with Crippen LogP contribution in [0.4, 0.5) is 0 Å². The Bertz CT molecular complexity index is 812. The molecule has 0 atom stereocenters. The van der Waals surface area contributed by atoms with Gasteiger partial charge in [0.05, 0.1) is 18.5 Å². The van der Waals surface area contributed by atoms with E-state index in [9.17, 15) is 9.59 Å². The van der Waals surface area contributed by atoms with Gasteiger partial charge in [-0.1, -0.05) is 18.2 Å². The Morgan fingerprint density at radius 2 is 2.04 bits per heavy atom. The molecule has 7 nitrogen and oxygen atoms in total. The number of nitrogens with one attached hydrogen (secondary N) is 1. The molecular weight excluding hydrogens is 344 g/mol. The average Bonchev–Trinajstić information content (AvgIpc) is 3.31. The number of aromatic nitrogens is 2. The smallest absolute Gasteiger partial charge is 0.254 e. The molecule has 2 amide bonds. The summed E-state index contributed by atoms with van der Waals surface area (Å²) in [6.45, 7) is 2.85. The van der Waals surface area contributed by atoms with Crippen LogP contribution < -0.4 is 5.32 Å². The first-order valence-electron chi connectivity index (χ1n) is 9.40. The third-order valence-corrected chi connectivity index (χ3v) is 5.53. The summed E-state index contributed by atoms with van der Waals surface area (Å²) in [6.07, 6.45) is 5.25. The van der Waals surface area contributed by atoms with Crippen LogP contribution in [0.25, 0.3) is 0 Å². The number of hydrogen-bond acceptors (Lipinski definition) is 4. The minimum Gasteiger partial charge on any atom is -0.381 e. The van der Waals surface area contributed by atoms with E-state index in [0.717, 1.165) is 11.1 Å². The molecule has 2 aliphatic heterocycles. The molecular formula is C20H24N4O3. The van der Waals surface area contributed by atoms with Gasteiger partial charge in [-0.3, -0.25) is 14.3 Å². The lowest BCUT2D eigenvalue weighted by Gasteiger charge is -2.44. The Morgan fingerprint density at radius 1 is 1.22 bits per heavy atom. The van der Waals surface area contributed by atoms with Crippen molar-refractivity contribution < 1.29 is 14.3 Å². The first-order valence-corrected chi connectivity index (χ1v) is 9.40. The third kappa shape index (κ3) is 3.60. The van der Waals surface area contributed by atoms with Crippen molar-refractivity contribution in [2.24, 2.45) is 0 Å². The SMILES string of the molecule is O=C(CC1(N2Cc3ccccc3C2=O)CCOCC1)NCCn1cccn1. The maximum atomic E-state index is 13.0. The number of rotatable bonds is 6. The average molecular weight is 368 g/mol. The van der Waals surface area contributed by atoms with Crippen molar-refractivity contribution >= 4 is 11.8 Å². The predicted molar refractivity (Wildman–Crippen MR) is 99.0 cm³/mol. The molecule has 0 bridgehead atoms. The van der Waals surface area contributed by atoms with E-state index in [0.29, 0.717) is 52.1 Å². The first-order chi connectivity index (χ1) is 13.2. The van der Waals surface area contributed by atoms with E-state index in [1.165, 1.54) is 0 Å². The van der Waals surface area contributed by atoms with Gasteiger partial charge in [-0.25, -0.2) is 0 Å². The molecule has 1 aromatic heterocycles. The molecule has 0 aliphatic carbocycles. The summed E-state index contributed by atoms with van der Waals surface area (Å²) >= 11 is 0. The maximum absolute atomic E-state index is 13.0. The van der Waals surface area contributed by atoms with Gasteiger partial charge in [-0.05, 0) is 30.5 Å². The molecule has 7 heteroatoms. The van der Waals surface area contributed by atoms with Crippen LogP contribution in [0.5, 0.6) is 0 Å². The number of carbonyl (C=O) groups excluding carboxylic acids is 2. The lowest BCUT2D eigenvalue weighted by Crippen LogP contribution is -2.54. The van der Waals surface area contributed by atoms with Crippen LogP contribution >= 0.6 is 0 Å². The maximum Gasteiger partial charge on any atom is 0.254 e. The summed E-state index contributed by atoms with van der Waals surface area (Å²) in [6, 6.07) is 9.56. The van der Waals surface area contributed by atoms with Crippen LogP contribution in [0, 0.1) is 0 Å². The van der Waals surface area contributed by atoms with Gasteiger partial charge in [0.1, 0.15) is 0 Å². The number of amides is 2. The largest absolute Gasteiger partial charge is 0.381 e. The van der Waals surface area contributed by atoms with Crippen LogP contribution in [0.3, 0.4) is 0 Å². The number of hydrogen-bond donors (Lipinski definition) is 1. The van der Waals surface area contributed by atoms with Crippen molar-refractivity contribution in [2.45, 2.75) is 37.9 Å². The number of benzene rings is 1. The van der Waals surface area contributed by atoms with Gasteiger partial charge in [-0.2, -0.15) is 5.10 Å². The molecule has 27 heavy (non-hydrogen) atoms. The van der Waals surface area contributed by atoms with E-state index in [1.807, 2.05) is 41.4 Å². The lowest BCUT2D eigenvalue weighted by molar-refractivity contribution is -0.125. The van der Waals surface area contributed by atoms with Crippen LogP contribution in [-0.4, -0.2) is 51.8 Å². The van der Waals surface area contributed by atoms with E-state index in [4.69, 9.17) is 4.74 Å². The number of ether oxygens (including phenoxy) is 1. The van der Waals surface area contributed by atoms with Gasteiger partial charge in [0.2, 0.25) is 5.91 Å². The van der Waals surface area contributed by atoms with E-state index in [1.54, 1.807) is 10.9 Å². The molecule has 2 aliphatic rings. The molecule has 1 N–H and O–H groups in total. The second-order valence-electron chi connectivity index (χ2n) is 7.18. The summed E-state index contributed by atoms with van der Waals surface area (Å²) in [5, 5.41) is 7.11. The van der Waals surface area contributed by atoms with Crippen molar-refractivity contribution in [2.75, 3.05) is 19.8 Å². The van der Waals surface area contributed by atoms with E-state index >= 15 is 0 Å². The minimum atomic E-state index is -0.482. The fraction of sp³-hybridized carbons (Fsp3) is 0.450. The molecule has 3 heterocycles. The zero-order valence-corrected chi connectivity index (χ0v) is 15.3. The first kappa shape index (κ1) is 17.7. The predicted octanol–water partition coefficient (Wildman–Crippen LogP) is 1.59. The second-order valence-corrected chi connectivity index (χ2v) is 7.18. The van der Waals surface area contributed by atoms with Gasteiger partial charge in [0.25, 0.3) is 5.91 Å². The molecule has 4 rings (SSSR count). The van der Waals surface area contributed by atoms with Gasteiger partial charge in [0.15, 0.2) is 0 Å². The van der Waals surface area contributed by atoms with Crippen molar-refractivity contribution in [3.63, 3.8) is 0 Å². The monoisotopic (exact) mass is 368 g/mol. The van der Waals surface area contributed by atoms with E-state index < -0.39 is 5.54 Å². The molecule has 0 saturated carbocycles. The number of nitrogens with zero attached hydrogens (tertiary/aromatic N) is 3. The zero-order chi connectivity index (χ0) is 18.7. The van der Waals surface area contributed by atoms with Crippen molar-refractivity contribution in [3.8, 4) is 0 Å². The summed E-state index contributed by atoms with van der Waals surface area (Å²) < 4.78 is 7.31. The molecule has 1 fully saturated rings. The molecule has 2 aromatic rings. The summed E-state index contributed by atoms with van der Waals surface area (Å²) in [5.41, 5.74) is 1.30. The topological polar surface area (TPSA) is 76.5 Å². The summed E-state index contributed by atoms with van der Waals surface area (Å²) in [5.74, 6) is -0.00958. The summed E-state index contributed by atoms with van der Waals surface area (Å²) in [4.78, 5) is 27.6. The van der Waals surface area contributed by atoms with Gasteiger partial charge in [0, 0.05) is 44.3 Å².